The molecular formula is C15H23NO3S. The van der Waals surface area contributed by atoms with Crippen molar-refractivity contribution in [1.82, 2.24) is 4.31 Å². The van der Waals surface area contributed by atoms with Crippen LogP contribution < -0.4 is 0 Å². The lowest BCUT2D eigenvalue weighted by Crippen LogP contribution is -2.32. The van der Waals surface area contributed by atoms with Gasteiger partial charge in [0.1, 0.15) is 0 Å². The van der Waals surface area contributed by atoms with Crippen LogP contribution in [0.25, 0.3) is 0 Å². The van der Waals surface area contributed by atoms with E-state index in [0.717, 1.165) is 19.3 Å². The Kier molecular flexibility index (Phi) is 5.18. The predicted octanol–water partition coefficient (Wildman–Crippen LogP) is 1.96. The lowest BCUT2D eigenvalue weighted by Gasteiger charge is -2.22. The second-order valence-corrected chi connectivity index (χ2v) is 7.15. The summed E-state index contributed by atoms with van der Waals surface area (Å²) in [7, 11) is -3.43. The van der Waals surface area contributed by atoms with Crippen LogP contribution >= 0.6 is 0 Å². The van der Waals surface area contributed by atoms with Crippen LogP contribution in [0.1, 0.15) is 37.3 Å². The molecule has 1 aliphatic rings. The number of hydrogen-bond acceptors (Lipinski definition) is 3. The first-order valence-electron chi connectivity index (χ1n) is 7.32. The monoisotopic (exact) mass is 297 g/mol. The summed E-state index contributed by atoms with van der Waals surface area (Å²) in [6.45, 7) is 2.63. The van der Waals surface area contributed by atoms with Crippen LogP contribution in [-0.2, 0) is 22.9 Å². The number of nitrogens with zero attached hydrogens (tertiary/aromatic N) is 1. The molecule has 5 heteroatoms. The summed E-state index contributed by atoms with van der Waals surface area (Å²) in [5.74, 6) is 0. The van der Waals surface area contributed by atoms with Gasteiger partial charge < -0.3 is 5.11 Å². The minimum atomic E-state index is -3.43. The fourth-order valence-electron chi connectivity index (χ4n) is 2.71. The molecule has 0 spiro atoms. The molecule has 1 N–H and O–H groups in total. The van der Waals surface area contributed by atoms with Gasteiger partial charge in [-0.05, 0) is 55.4 Å². The van der Waals surface area contributed by atoms with Crippen molar-refractivity contribution < 1.29 is 13.5 Å². The molecule has 0 radical (unpaired) electrons. The fraction of sp³-hybridized carbons (Fsp3) is 0.600. The molecule has 0 unspecified atom stereocenters. The molecule has 112 valence electrons. The molecular weight excluding hydrogens is 274 g/mol. The van der Waals surface area contributed by atoms with Crippen molar-refractivity contribution in [1.29, 1.82) is 0 Å². The highest BCUT2D eigenvalue weighted by Gasteiger charge is 2.23. The number of aliphatic hydroxyl groups is 1. The van der Waals surface area contributed by atoms with Crippen molar-refractivity contribution in [3.63, 3.8) is 0 Å². The molecule has 1 aromatic carbocycles. The zero-order chi connectivity index (χ0) is 14.6. The number of fused-ring (bicyclic) bond motifs is 1. The number of benzene rings is 1. The minimum absolute atomic E-state index is 0.0101. The van der Waals surface area contributed by atoms with Crippen molar-refractivity contribution in [3.05, 3.63) is 29.3 Å². The van der Waals surface area contributed by atoms with E-state index in [2.05, 4.69) is 0 Å². The van der Waals surface area contributed by atoms with Crippen molar-refractivity contribution in [2.75, 3.05) is 19.7 Å². The van der Waals surface area contributed by atoms with Crippen molar-refractivity contribution in [2.24, 2.45) is 0 Å². The lowest BCUT2D eigenvalue weighted by molar-refractivity contribution is 0.271. The Morgan fingerprint density at radius 2 is 1.90 bits per heavy atom. The SMILES string of the molecule is CCN(CCCO)S(=O)(=O)c1ccc2c(c1)CCCC2. The maximum absolute atomic E-state index is 12.6. The molecule has 0 aliphatic heterocycles. The van der Waals surface area contributed by atoms with E-state index in [1.165, 1.54) is 21.9 Å². The third-order valence-corrected chi connectivity index (χ3v) is 5.85. The van der Waals surface area contributed by atoms with Crippen molar-refractivity contribution in [3.8, 4) is 0 Å². The predicted molar refractivity (Wildman–Crippen MR) is 79.2 cm³/mol. The average molecular weight is 297 g/mol. The average Bonchev–Trinajstić information content (AvgIpc) is 2.47. The molecule has 0 saturated heterocycles. The van der Waals surface area contributed by atoms with E-state index in [1.54, 1.807) is 6.07 Å². The molecule has 0 atom stereocenters. The van der Waals surface area contributed by atoms with E-state index >= 15 is 0 Å². The molecule has 0 bridgehead atoms. The van der Waals surface area contributed by atoms with E-state index in [1.807, 2.05) is 19.1 Å². The zero-order valence-corrected chi connectivity index (χ0v) is 12.8. The van der Waals surface area contributed by atoms with E-state index < -0.39 is 10.0 Å². The van der Waals surface area contributed by atoms with Gasteiger partial charge in [-0.3, -0.25) is 0 Å². The highest BCUT2D eigenvalue weighted by Crippen LogP contribution is 2.25. The standard InChI is InChI=1S/C15H23NO3S/c1-2-16(10-5-11-17)20(18,19)15-9-8-13-6-3-4-7-14(13)12-15/h8-9,12,17H,2-7,10-11H2,1H3. The first-order valence-corrected chi connectivity index (χ1v) is 8.76. The first-order chi connectivity index (χ1) is 9.59. The third-order valence-electron chi connectivity index (χ3n) is 3.88. The zero-order valence-electron chi connectivity index (χ0n) is 12.0. The van der Waals surface area contributed by atoms with Crippen LogP contribution in [0.5, 0.6) is 0 Å². The van der Waals surface area contributed by atoms with E-state index in [4.69, 9.17) is 5.11 Å². The molecule has 2 rings (SSSR count). The van der Waals surface area contributed by atoms with Crippen molar-refractivity contribution >= 4 is 10.0 Å². The van der Waals surface area contributed by atoms with Gasteiger partial charge in [0.2, 0.25) is 10.0 Å². The van der Waals surface area contributed by atoms with Crippen LogP contribution in [0.3, 0.4) is 0 Å². The van der Waals surface area contributed by atoms with Crippen LogP contribution in [-0.4, -0.2) is 37.5 Å². The molecule has 0 amide bonds. The Balaban J connectivity index is 2.28. The maximum Gasteiger partial charge on any atom is 0.243 e. The Hall–Kier alpha value is -0.910. The van der Waals surface area contributed by atoms with Crippen LogP contribution in [0.15, 0.2) is 23.1 Å². The van der Waals surface area contributed by atoms with Gasteiger partial charge in [-0.25, -0.2) is 8.42 Å². The summed E-state index contributed by atoms with van der Waals surface area (Å²) in [5.41, 5.74) is 2.46. The Labute approximate surface area is 121 Å². The molecule has 20 heavy (non-hydrogen) atoms. The number of aliphatic hydroxyl groups excluding tert-OH is 1. The highest BCUT2D eigenvalue weighted by molar-refractivity contribution is 7.89. The highest BCUT2D eigenvalue weighted by atomic mass is 32.2. The summed E-state index contributed by atoms with van der Waals surface area (Å²) in [5, 5.41) is 8.88. The van der Waals surface area contributed by atoms with Gasteiger partial charge in [-0.1, -0.05) is 13.0 Å². The van der Waals surface area contributed by atoms with Gasteiger partial charge in [0.15, 0.2) is 0 Å². The van der Waals surface area contributed by atoms with E-state index in [0.29, 0.717) is 24.4 Å². The molecule has 0 aromatic heterocycles. The van der Waals surface area contributed by atoms with Gasteiger partial charge in [0.05, 0.1) is 4.90 Å². The number of hydrogen-bond donors (Lipinski definition) is 1. The summed E-state index contributed by atoms with van der Waals surface area (Å²) in [4.78, 5) is 0.387. The number of sulfonamides is 1. The molecule has 1 aliphatic carbocycles. The largest absolute Gasteiger partial charge is 0.396 e. The first kappa shape index (κ1) is 15.5. The lowest BCUT2D eigenvalue weighted by atomic mass is 9.92. The number of rotatable bonds is 6. The Morgan fingerprint density at radius 3 is 2.55 bits per heavy atom. The van der Waals surface area contributed by atoms with Gasteiger partial charge in [-0.15, -0.1) is 0 Å². The molecule has 0 saturated carbocycles. The summed E-state index contributed by atoms with van der Waals surface area (Å²) in [6, 6.07) is 5.52. The van der Waals surface area contributed by atoms with Crippen LogP contribution in [0.4, 0.5) is 0 Å². The third kappa shape index (κ3) is 3.22. The normalized spacial score (nSPS) is 15.3. The molecule has 0 fully saturated rings. The van der Waals surface area contributed by atoms with E-state index in [-0.39, 0.29) is 6.61 Å². The quantitative estimate of drug-likeness (QED) is 0.873. The topological polar surface area (TPSA) is 57.6 Å². The van der Waals surface area contributed by atoms with Gasteiger partial charge in [0.25, 0.3) is 0 Å². The summed E-state index contributed by atoms with van der Waals surface area (Å²) < 4.78 is 26.6. The van der Waals surface area contributed by atoms with E-state index in [9.17, 15) is 8.42 Å². The Bertz CT molecular complexity index is 554. The van der Waals surface area contributed by atoms with Gasteiger partial charge >= 0.3 is 0 Å². The Morgan fingerprint density at radius 1 is 1.20 bits per heavy atom. The smallest absolute Gasteiger partial charge is 0.243 e. The minimum Gasteiger partial charge on any atom is -0.396 e. The van der Waals surface area contributed by atoms with Gasteiger partial charge in [-0.2, -0.15) is 4.31 Å². The number of aryl methyl sites for hydroxylation is 2. The summed E-state index contributed by atoms with van der Waals surface area (Å²) in [6.07, 6.45) is 4.83. The fourth-order valence-corrected chi connectivity index (χ4v) is 4.25. The van der Waals surface area contributed by atoms with Gasteiger partial charge in [0, 0.05) is 19.7 Å². The van der Waals surface area contributed by atoms with Crippen LogP contribution in [0.2, 0.25) is 0 Å². The maximum atomic E-state index is 12.6. The van der Waals surface area contributed by atoms with Crippen molar-refractivity contribution in [2.45, 2.75) is 43.9 Å². The summed E-state index contributed by atoms with van der Waals surface area (Å²) >= 11 is 0. The molecule has 0 heterocycles. The second kappa shape index (κ2) is 6.70. The van der Waals surface area contributed by atoms with Crippen LogP contribution in [0, 0.1) is 0 Å². The molecule has 4 nitrogen and oxygen atoms in total. The molecule has 1 aromatic rings. The second-order valence-electron chi connectivity index (χ2n) is 5.21.